The van der Waals surface area contributed by atoms with Crippen molar-refractivity contribution in [1.29, 1.82) is 0 Å². The highest BCUT2D eigenvalue weighted by atomic mass is 16.5. The predicted molar refractivity (Wildman–Crippen MR) is 68.7 cm³/mol. The van der Waals surface area contributed by atoms with Crippen LogP contribution in [0.5, 0.6) is 5.75 Å². The maximum Gasteiger partial charge on any atom is 0.407 e. The molecule has 0 aliphatic rings. The van der Waals surface area contributed by atoms with E-state index in [1.807, 2.05) is 30.3 Å². The lowest BCUT2D eigenvalue weighted by Gasteiger charge is -2.07. The second kappa shape index (κ2) is 7.05. The third-order valence-corrected chi connectivity index (χ3v) is 2.33. The quantitative estimate of drug-likeness (QED) is 0.776. The van der Waals surface area contributed by atoms with E-state index in [9.17, 15) is 4.79 Å². The van der Waals surface area contributed by atoms with Crippen molar-refractivity contribution < 1.29 is 14.3 Å². The van der Waals surface area contributed by atoms with E-state index >= 15 is 0 Å². The molecule has 0 saturated heterocycles. The van der Waals surface area contributed by atoms with Crippen LogP contribution in [-0.4, -0.2) is 29.4 Å². The summed E-state index contributed by atoms with van der Waals surface area (Å²) in [4.78, 5) is 11.4. The highest BCUT2D eigenvalue weighted by molar-refractivity contribution is 5.67. The first-order valence-corrected chi connectivity index (χ1v) is 5.91. The summed E-state index contributed by atoms with van der Waals surface area (Å²) >= 11 is 0. The van der Waals surface area contributed by atoms with Crippen LogP contribution in [0.1, 0.15) is 5.56 Å². The molecule has 0 aliphatic heterocycles. The Morgan fingerprint density at radius 1 is 1.32 bits per heavy atom. The maximum absolute atomic E-state index is 11.4. The zero-order valence-electron chi connectivity index (χ0n) is 10.3. The molecule has 19 heavy (non-hydrogen) atoms. The van der Waals surface area contributed by atoms with Crippen LogP contribution in [0.15, 0.2) is 42.7 Å². The molecule has 1 amide bonds. The van der Waals surface area contributed by atoms with E-state index in [4.69, 9.17) is 9.47 Å². The number of carbonyl (C=O) groups is 1. The summed E-state index contributed by atoms with van der Waals surface area (Å²) in [6.45, 7) is 0.994. The Bertz CT molecular complexity index is 485. The lowest BCUT2D eigenvalue weighted by atomic mass is 10.2. The van der Waals surface area contributed by atoms with Gasteiger partial charge in [-0.2, -0.15) is 5.10 Å². The van der Waals surface area contributed by atoms with Gasteiger partial charge in [-0.25, -0.2) is 4.79 Å². The van der Waals surface area contributed by atoms with E-state index in [-0.39, 0.29) is 6.61 Å². The van der Waals surface area contributed by atoms with Crippen molar-refractivity contribution in [2.24, 2.45) is 0 Å². The second-order valence-electron chi connectivity index (χ2n) is 3.77. The molecule has 2 aromatic rings. The number of aromatic nitrogens is 2. The van der Waals surface area contributed by atoms with Gasteiger partial charge in [-0.15, -0.1) is 0 Å². The first kappa shape index (κ1) is 12.9. The second-order valence-corrected chi connectivity index (χ2v) is 3.77. The van der Waals surface area contributed by atoms with Crippen LogP contribution in [-0.2, 0) is 11.3 Å². The minimum Gasteiger partial charge on any atom is -0.488 e. The number of amides is 1. The van der Waals surface area contributed by atoms with Crippen LogP contribution in [0.25, 0.3) is 0 Å². The van der Waals surface area contributed by atoms with E-state index in [1.165, 1.54) is 0 Å². The van der Waals surface area contributed by atoms with Gasteiger partial charge in [0.1, 0.15) is 13.2 Å². The Kier molecular flexibility index (Phi) is 4.80. The number of aromatic amines is 1. The Morgan fingerprint density at radius 2 is 2.16 bits per heavy atom. The van der Waals surface area contributed by atoms with Crippen LogP contribution in [0, 0.1) is 0 Å². The number of carbonyl (C=O) groups excluding carboxylic acids is 1. The van der Waals surface area contributed by atoms with Crippen molar-refractivity contribution in [1.82, 2.24) is 15.5 Å². The Morgan fingerprint density at radius 3 is 2.89 bits per heavy atom. The topological polar surface area (TPSA) is 76.2 Å². The lowest BCUT2D eigenvalue weighted by Crippen LogP contribution is -2.28. The summed E-state index contributed by atoms with van der Waals surface area (Å²) in [6.07, 6.45) is 2.74. The maximum atomic E-state index is 11.4. The average Bonchev–Trinajstić information content (AvgIpc) is 2.96. The highest BCUT2D eigenvalue weighted by Gasteiger charge is 2.02. The van der Waals surface area contributed by atoms with E-state index in [0.29, 0.717) is 18.9 Å². The summed E-state index contributed by atoms with van der Waals surface area (Å²) < 4.78 is 10.3. The molecule has 6 heteroatoms. The van der Waals surface area contributed by atoms with Gasteiger partial charge >= 0.3 is 6.09 Å². The molecule has 6 nitrogen and oxygen atoms in total. The summed E-state index contributed by atoms with van der Waals surface area (Å²) in [5, 5.41) is 8.97. The number of hydrogen-bond acceptors (Lipinski definition) is 4. The van der Waals surface area contributed by atoms with Crippen molar-refractivity contribution in [3.05, 3.63) is 48.3 Å². The number of nitrogens with zero attached hydrogens (tertiary/aromatic N) is 1. The molecule has 1 aromatic carbocycles. The number of H-pyrrole nitrogens is 1. The van der Waals surface area contributed by atoms with E-state index in [2.05, 4.69) is 15.5 Å². The summed E-state index contributed by atoms with van der Waals surface area (Å²) in [5.74, 6) is 0.638. The van der Waals surface area contributed by atoms with Gasteiger partial charge in [-0.1, -0.05) is 30.3 Å². The Labute approximate surface area is 110 Å². The fraction of sp³-hybridized carbons (Fsp3) is 0.231. The molecule has 0 radical (unpaired) electrons. The van der Waals surface area contributed by atoms with Gasteiger partial charge in [0.25, 0.3) is 0 Å². The molecule has 2 rings (SSSR count). The van der Waals surface area contributed by atoms with Gasteiger partial charge < -0.3 is 14.8 Å². The van der Waals surface area contributed by atoms with Crippen LogP contribution in [0.3, 0.4) is 0 Å². The molecular formula is C13H15N3O3. The molecule has 0 aliphatic carbocycles. The van der Waals surface area contributed by atoms with Gasteiger partial charge in [-0.3, -0.25) is 5.10 Å². The third-order valence-electron chi connectivity index (χ3n) is 2.33. The molecule has 1 heterocycles. The number of ether oxygens (including phenoxy) is 2. The van der Waals surface area contributed by atoms with E-state index < -0.39 is 6.09 Å². The molecule has 0 atom stereocenters. The van der Waals surface area contributed by atoms with Gasteiger partial charge in [-0.05, 0) is 5.56 Å². The number of benzene rings is 1. The molecule has 0 fully saturated rings. The SMILES string of the molecule is O=C(NCCOc1cn[nH]c1)OCc1ccccc1. The molecule has 1 aromatic heterocycles. The van der Waals surface area contributed by atoms with Crippen molar-refractivity contribution in [3.63, 3.8) is 0 Å². The van der Waals surface area contributed by atoms with Gasteiger partial charge in [0, 0.05) is 0 Å². The Hall–Kier alpha value is -2.50. The molecule has 2 N–H and O–H groups in total. The summed E-state index contributed by atoms with van der Waals surface area (Å²) in [7, 11) is 0. The van der Waals surface area contributed by atoms with Crippen molar-refractivity contribution in [2.75, 3.05) is 13.2 Å². The molecule has 100 valence electrons. The van der Waals surface area contributed by atoms with Crippen LogP contribution < -0.4 is 10.1 Å². The standard InChI is InChI=1S/C13H15N3O3/c17-13(19-10-11-4-2-1-3-5-11)14-6-7-18-12-8-15-16-9-12/h1-5,8-9H,6-7,10H2,(H,14,17)(H,15,16). The van der Waals surface area contributed by atoms with Gasteiger partial charge in [0.15, 0.2) is 5.75 Å². The van der Waals surface area contributed by atoms with E-state index in [0.717, 1.165) is 5.56 Å². The number of rotatable bonds is 6. The number of nitrogens with one attached hydrogen (secondary N) is 2. The zero-order valence-corrected chi connectivity index (χ0v) is 10.3. The number of alkyl carbamates (subject to hydrolysis) is 1. The fourth-order valence-corrected chi connectivity index (χ4v) is 1.41. The molecule has 0 spiro atoms. The molecular weight excluding hydrogens is 246 g/mol. The summed E-state index contributed by atoms with van der Waals surface area (Å²) in [6, 6.07) is 9.51. The summed E-state index contributed by atoms with van der Waals surface area (Å²) in [5.41, 5.74) is 0.951. The van der Waals surface area contributed by atoms with Gasteiger partial charge in [0.05, 0.1) is 18.9 Å². The van der Waals surface area contributed by atoms with Gasteiger partial charge in [0.2, 0.25) is 0 Å². The minimum absolute atomic E-state index is 0.259. The van der Waals surface area contributed by atoms with Crippen molar-refractivity contribution >= 4 is 6.09 Å². The lowest BCUT2D eigenvalue weighted by molar-refractivity contribution is 0.137. The third kappa shape index (κ3) is 4.71. The smallest absolute Gasteiger partial charge is 0.407 e. The number of hydrogen-bond donors (Lipinski definition) is 2. The van der Waals surface area contributed by atoms with E-state index in [1.54, 1.807) is 12.4 Å². The van der Waals surface area contributed by atoms with Crippen molar-refractivity contribution in [2.45, 2.75) is 6.61 Å². The first-order valence-electron chi connectivity index (χ1n) is 5.91. The molecule has 0 bridgehead atoms. The monoisotopic (exact) mass is 261 g/mol. The van der Waals surface area contributed by atoms with Crippen LogP contribution in [0.4, 0.5) is 4.79 Å². The average molecular weight is 261 g/mol. The minimum atomic E-state index is -0.459. The Balaban J connectivity index is 1.57. The fourth-order valence-electron chi connectivity index (χ4n) is 1.41. The molecule has 0 unspecified atom stereocenters. The van der Waals surface area contributed by atoms with Crippen LogP contribution >= 0.6 is 0 Å². The predicted octanol–water partition coefficient (Wildman–Crippen LogP) is 1.71. The highest BCUT2D eigenvalue weighted by Crippen LogP contribution is 2.03. The van der Waals surface area contributed by atoms with Crippen molar-refractivity contribution in [3.8, 4) is 5.75 Å². The largest absolute Gasteiger partial charge is 0.488 e. The van der Waals surface area contributed by atoms with Crippen LogP contribution in [0.2, 0.25) is 0 Å². The zero-order chi connectivity index (χ0) is 13.3. The first-order chi connectivity index (χ1) is 9.34. The normalized spacial score (nSPS) is 9.89. The molecule has 0 saturated carbocycles.